The Balaban J connectivity index is 1.32. The van der Waals surface area contributed by atoms with E-state index in [-0.39, 0.29) is 110 Å². The highest BCUT2D eigenvalue weighted by atomic mass is 19.4. The Hall–Kier alpha value is -7.56. The zero-order valence-electron chi connectivity index (χ0n) is 64.5. The van der Waals surface area contributed by atoms with Gasteiger partial charge in [0.1, 0.15) is 53.9 Å². The summed E-state index contributed by atoms with van der Waals surface area (Å²) >= 11 is 0. The molecule has 3 aliphatic heterocycles. The second-order valence-corrected chi connectivity index (χ2v) is 32.1. The van der Waals surface area contributed by atoms with Gasteiger partial charge in [0.2, 0.25) is 70.9 Å². The maximum atomic E-state index is 15.7. The molecule has 3 heterocycles. The van der Waals surface area contributed by atoms with E-state index >= 15 is 28.8 Å². The zero-order chi connectivity index (χ0) is 79.5. The van der Waals surface area contributed by atoms with Gasteiger partial charge in [-0.3, -0.25) is 57.5 Å². The third-order valence-corrected chi connectivity index (χ3v) is 23.7. The van der Waals surface area contributed by atoms with Gasteiger partial charge in [-0.2, -0.15) is 26.3 Å². The van der Waals surface area contributed by atoms with Crippen LogP contribution in [0.1, 0.15) is 163 Å². The molecule has 600 valence electrons. The number of nitrogens with zero attached hydrogens (tertiary/aromatic N) is 9. The van der Waals surface area contributed by atoms with Gasteiger partial charge in [0.05, 0.1) is 50.7 Å². The number of amides is 12. The fraction of sp³-hybridized carbons (Fsp3) is 0.787. The van der Waals surface area contributed by atoms with Gasteiger partial charge in [0, 0.05) is 83.0 Å². The molecule has 6 fully saturated rings. The fourth-order valence-corrected chi connectivity index (χ4v) is 17.2. The summed E-state index contributed by atoms with van der Waals surface area (Å²) < 4.78 is 96.5. The smallest absolute Gasteiger partial charge is 0.381 e. The van der Waals surface area contributed by atoms with E-state index < -0.39 is 217 Å². The van der Waals surface area contributed by atoms with Crippen LogP contribution in [0.2, 0.25) is 0 Å². The van der Waals surface area contributed by atoms with E-state index in [1.165, 1.54) is 83.1 Å². The van der Waals surface area contributed by atoms with Crippen LogP contribution in [0.5, 0.6) is 0 Å². The average molecular weight is 1520 g/mol. The van der Waals surface area contributed by atoms with Crippen LogP contribution in [-0.4, -0.2) is 290 Å². The van der Waals surface area contributed by atoms with Crippen molar-refractivity contribution < 1.29 is 93.4 Å². The van der Waals surface area contributed by atoms with Crippen LogP contribution in [0.3, 0.4) is 0 Å². The Kier molecular flexibility index (Phi) is 29.8. The third-order valence-electron chi connectivity index (χ3n) is 23.7. The Bertz CT molecular complexity index is 3290. The van der Waals surface area contributed by atoms with E-state index in [4.69, 9.17) is 15.9 Å². The van der Waals surface area contributed by atoms with Crippen molar-refractivity contribution in [2.75, 3.05) is 103 Å². The molecular weight excluding hydrogens is 1410 g/mol. The summed E-state index contributed by atoms with van der Waals surface area (Å²) in [5, 5.41) is 8.49. The predicted octanol–water partition coefficient (Wildman–Crippen LogP) is 4.91. The van der Waals surface area contributed by atoms with Gasteiger partial charge in [0.15, 0.2) is 0 Å². The van der Waals surface area contributed by atoms with E-state index in [1.807, 2.05) is 13.8 Å². The third kappa shape index (κ3) is 21.1. The predicted molar refractivity (Wildman–Crippen MR) is 381 cm³/mol. The van der Waals surface area contributed by atoms with Gasteiger partial charge in [-0.25, -0.2) is 0 Å². The molecule has 12 atom stereocenters. The van der Waals surface area contributed by atoms with Crippen molar-refractivity contribution in [3.63, 3.8) is 0 Å². The molecule has 1 spiro atoms. The highest BCUT2D eigenvalue weighted by Gasteiger charge is 2.59. The topological polar surface area (TPSA) is 289 Å². The summed E-state index contributed by atoms with van der Waals surface area (Å²) in [6.07, 6.45) is -0.292. The molecule has 2 saturated heterocycles. The molecule has 3 unspecified atom stereocenters. The van der Waals surface area contributed by atoms with E-state index in [0.717, 1.165) is 24.5 Å². The van der Waals surface area contributed by atoms with Crippen molar-refractivity contribution in [3.05, 3.63) is 12.2 Å². The number of alkyl halides is 6. The lowest BCUT2D eigenvalue weighted by Crippen LogP contribution is -2.72. The second kappa shape index (κ2) is 36.8. The number of morpholine rings is 1. The molecule has 0 aromatic heterocycles. The quantitative estimate of drug-likeness (QED) is 0.141. The first kappa shape index (κ1) is 86.7. The number of carbonyl (C=O) groups excluding carboxylic acids is 12. The molecule has 12 amide bonds. The molecule has 26 nitrogen and oxygen atoms in total. The van der Waals surface area contributed by atoms with Crippen LogP contribution >= 0.6 is 0 Å². The van der Waals surface area contributed by atoms with Crippen LogP contribution in [0.4, 0.5) is 26.3 Å². The van der Waals surface area contributed by atoms with Crippen molar-refractivity contribution in [2.24, 2.45) is 40.9 Å². The molecule has 4 saturated carbocycles. The van der Waals surface area contributed by atoms with E-state index in [0.29, 0.717) is 32.1 Å². The van der Waals surface area contributed by atoms with Crippen molar-refractivity contribution in [3.8, 4) is 12.3 Å². The highest BCUT2D eigenvalue weighted by molar-refractivity contribution is 6.01. The van der Waals surface area contributed by atoms with E-state index in [2.05, 4.69) is 21.9 Å². The Morgan fingerprint density at radius 1 is 0.701 bits per heavy atom. The SMILES string of the molecule is C#CC[C@H]1C(=O)N[C@@H]([C@@H](C)CC)C(=O)N(C)CC(=O)N(C)[C@H]2C/C=C\CCN(C2=O)[C@@H](CC2CCC(C(F)(F)F)CC2)C(=O)N(C)CC(=O)N[C@@H](CCC2CCC(C(F)(F)F)C(OC)C2)C(=O)N2CCOC[C@H]2C(=O)NC2(CC(C)(C)C2)C(=O)N(C)[C@@H](C2CCCC2)C(=O)N(C)[C@H](C(=O)N(C)C)CC(=O)N1C. The first-order chi connectivity index (χ1) is 50.1. The Labute approximate surface area is 625 Å². The van der Waals surface area contributed by atoms with E-state index in [9.17, 15) is 55.1 Å². The van der Waals surface area contributed by atoms with Crippen LogP contribution in [0, 0.1) is 53.3 Å². The normalized spacial score (nSPS) is 31.2. The van der Waals surface area contributed by atoms with Crippen LogP contribution in [0.15, 0.2) is 12.2 Å². The minimum Gasteiger partial charge on any atom is -0.381 e. The number of hydrogen-bond acceptors (Lipinski definition) is 14. The fourth-order valence-electron chi connectivity index (χ4n) is 17.2. The molecular formula is C75H114F6N12O14. The minimum absolute atomic E-state index is 0.0265. The number of ether oxygens (including phenoxy) is 2. The van der Waals surface area contributed by atoms with Gasteiger partial charge in [-0.05, 0) is 132 Å². The highest BCUT2D eigenvalue weighted by Crippen LogP contribution is 2.50. The molecule has 0 radical (unpaired) electrons. The van der Waals surface area contributed by atoms with Crippen molar-refractivity contribution in [1.29, 1.82) is 0 Å². The monoisotopic (exact) mass is 1520 g/mol. The summed E-state index contributed by atoms with van der Waals surface area (Å²) in [6.45, 7) is 4.88. The zero-order valence-corrected chi connectivity index (χ0v) is 64.5. The summed E-state index contributed by atoms with van der Waals surface area (Å²) in [4.78, 5) is 191. The lowest BCUT2D eigenvalue weighted by Gasteiger charge is -2.54. The van der Waals surface area contributed by atoms with Gasteiger partial charge in [-0.15, -0.1) is 12.3 Å². The van der Waals surface area contributed by atoms with Crippen LogP contribution in [0.25, 0.3) is 0 Å². The molecule has 0 aromatic rings. The first-order valence-corrected chi connectivity index (χ1v) is 37.7. The number of methoxy groups -OCH3 is 1. The molecule has 107 heavy (non-hydrogen) atoms. The number of terminal acetylenes is 1. The molecule has 3 N–H and O–H groups in total. The number of rotatable bonds is 11. The van der Waals surface area contributed by atoms with Gasteiger partial charge >= 0.3 is 12.4 Å². The molecule has 32 heteroatoms. The molecule has 4 aliphatic carbocycles. The Morgan fingerprint density at radius 2 is 1.34 bits per heavy atom. The largest absolute Gasteiger partial charge is 0.394 e. The van der Waals surface area contributed by atoms with Crippen LogP contribution in [-0.2, 0) is 67.0 Å². The maximum absolute atomic E-state index is 15.7. The number of hydrogen-bond donors (Lipinski definition) is 3. The number of carbonyl (C=O) groups is 12. The number of likely N-dealkylation sites (N-methyl/N-ethyl adjacent to an activating group) is 7. The van der Waals surface area contributed by atoms with Gasteiger partial charge in [0.25, 0.3) is 0 Å². The lowest BCUT2D eigenvalue weighted by atomic mass is 9.58. The van der Waals surface area contributed by atoms with Crippen molar-refractivity contribution >= 4 is 70.9 Å². The number of fused-ring (bicyclic) bond motifs is 3. The number of halogens is 6. The molecule has 2 bridgehead atoms. The molecule has 7 rings (SSSR count). The number of nitrogens with one attached hydrogen (secondary N) is 3. The lowest BCUT2D eigenvalue weighted by molar-refractivity contribution is -0.215. The average Bonchev–Trinajstić information content (AvgIpc) is 1.01. The molecule has 7 aliphatic rings. The summed E-state index contributed by atoms with van der Waals surface area (Å²) in [5.41, 5.74) is -2.29. The first-order valence-electron chi connectivity index (χ1n) is 37.7. The van der Waals surface area contributed by atoms with Gasteiger partial charge in [-0.1, -0.05) is 59.1 Å². The van der Waals surface area contributed by atoms with Crippen molar-refractivity contribution in [2.45, 2.75) is 235 Å². The standard InChI is InChI=1S/C75H114F6N12O14/c1-15-22-52-63(97)83-61(45(3)16-2)69(103)87(9)41-60(96)89(11)53-25-18-17-21-34-92(68(53)102)55(37-46-26-30-49(31-27-46)74(76,77)78)67(101)86(8)40-58(94)82-51(33-29-47-28-32-50(75(79,80)81)57(38-47)106-14)65(99)93-35-36-107-42-56(93)64(98)84-73(43-72(4,5)44-73)71(105)91(13)62(48-23-19-20-24-48)70(104)90(12)54(66(100)85(6)7)39-59(95)88(52)10/h1,17-18,45-57,61-62H,16,19-44H2,2-14H3,(H,82,94)(H,83,97)(H,84,98)/b18-17-/t45-,46?,47?,49?,50?,51-,52-,53-,54-,55-,56-,57?,61-,62-/m0/s1. The van der Waals surface area contributed by atoms with Crippen LogP contribution < -0.4 is 16.0 Å². The minimum atomic E-state index is -4.57. The summed E-state index contributed by atoms with van der Waals surface area (Å²) in [6, 6.07) is -11.4. The van der Waals surface area contributed by atoms with Gasteiger partial charge < -0.3 is 69.5 Å². The summed E-state index contributed by atoms with van der Waals surface area (Å²) in [7, 11) is 12.0. The van der Waals surface area contributed by atoms with Crippen molar-refractivity contribution in [1.82, 2.24) is 60.0 Å². The van der Waals surface area contributed by atoms with E-state index in [1.54, 1.807) is 26.0 Å². The Morgan fingerprint density at radius 3 is 1.93 bits per heavy atom. The summed E-state index contributed by atoms with van der Waals surface area (Å²) in [5.74, 6) is -12.4. The second-order valence-electron chi connectivity index (χ2n) is 32.1. The maximum Gasteiger partial charge on any atom is 0.394 e. The molecule has 0 aromatic carbocycles.